The normalized spacial score (nSPS) is 22.5. The molecule has 0 bridgehead atoms. The minimum absolute atomic E-state index is 0.0633. The largest absolute Gasteiger partial charge is 0.464 e. The number of halogens is 3. The van der Waals surface area contributed by atoms with Crippen LogP contribution in [0.25, 0.3) is 0 Å². The molecule has 2 aromatic carbocycles. The molecule has 1 spiro atoms. The number of piperidine rings is 1. The summed E-state index contributed by atoms with van der Waals surface area (Å²) >= 11 is 19.0. The van der Waals surface area contributed by atoms with Gasteiger partial charge in [0.1, 0.15) is 5.75 Å². The highest BCUT2D eigenvalue weighted by Gasteiger charge is 2.52. The number of likely N-dealkylation sites (tertiary alicyclic amines) is 1. The molecule has 0 aromatic heterocycles. The molecule has 0 N–H and O–H groups in total. The van der Waals surface area contributed by atoms with Gasteiger partial charge in [0.2, 0.25) is 5.72 Å². The number of ether oxygens (including phenoxy) is 1. The average Bonchev–Trinajstić information content (AvgIpc) is 3.18. The number of benzene rings is 2. The van der Waals surface area contributed by atoms with E-state index in [9.17, 15) is 0 Å². The summed E-state index contributed by atoms with van der Waals surface area (Å²) in [6, 6.07) is 11.7. The molecule has 2 aromatic rings. The Morgan fingerprint density at radius 2 is 1.80 bits per heavy atom. The zero-order valence-electron chi connectivity index (χ0n) is 16.9. The highest BCUT2D eigenvalue weighted by molar-refractivity contribution is 6.35. The van der Waals surface area contributed by atoms with Crippen molar-refractivity contribution in [3.8, 4) is 5.75 Å². The van der Waals surface area contributed by atoms with Gasteiger partial charge in [0, 0.05) is 48.0 Å². The fourth-order valence-corrected chi connectivity index (χ4v) is 5.56. The summed E-state index contributed by atoms with van der Waals surface area (Å²) < 4.78 is 6.67. The van der Waals surface area contributed by atoms with Crippen LogP contribution in [0.3, 0.4) is 0 Å². The fourth-order valence-electron chi connectivity index (χ4n) is 4.89. The van der Waals surface area contributed by atoms with Crippen molar-refractivity contribution >= 4 is 40.5 Å². The molecule has 3 aliphatic heterocycles. The lowest BCUT2D eigenvalue weighted by Crippen LogP contribution is -2.59. The van der Waals surface area contributed by atoms with E-state index < -0.39 is 5.72 Å². The molecular formula is C23H24Cl3N3O. The van der Waals surface area contributed by atoms with Crippen LogP contribution in [0.1, 0.15) is 49.8 Å². The number of rotatable bonds is 3. The van der Waals surface area contributed by atoms with Crippen molar-refractivity contribution < 1.29 is 4.74 Å². The quantitative estimate of drug-likeness (QED) is 0.526. The Bertz CT molecular complexity index is 984. The van der Waals surface area contributed by atoms with Crippen LogP contribution in [0.5, 0.6) is 5.75 Å². The lowest BCUT2D eigenvalue weighted by Gasteiger charge is -2.51. The molecule has 7 heteroatoms. The number of hydrogen-bond donors (Lipinski definition) is 0. The molecule has 3 heterocycles. The third-order valence-electron chi connectivity index (χ3n) is 6.37. The third kappa shape index (κ3) is 3.48. The van der Waals surface area contributed by atoms with Crippen molar-refractivity contribution in [3.05, 3.63) is 62.6 Å². The summed E-state index contributed by atoms with van der Waals surface area (Å²) in [4.78, 5) is 2.50. The Balaban J connectivity index is 1.55. The lowest BCUT2D eigenvalue weighted by molar-refractivity contribution is -0.149. The average molecular weight is 465 g/mol. The summed E-state index contributed by atoms with van der Waals surface area (Å²) in [5.74, 6) is 0.763. The van der Waals surface area contributed by atoms with Gasteiger partial charge in [0.25, 0.3) is 0 Å². The smallest absolute Gasteiger partial charge is 0.200 e. The summed E-state index contributed by atoms with van der Waals surface area (Å²) in [5, 5.41) is 9.20. The van der Waals surface area contributed by atoms with Gasteiger partial charge in [-0.2, -0.15) is 5.10 Å². The van der Waals surface area contributed by atoms with E-state index in [1.165, 1.54) is 0 Å². The number of hydrogen-bond acceptors (Lipinski definition) is 4. The minimum atomic E-state index is -0.479. The highest BCUT2D eigenvalue weighted by atomic mass is 35.5. The van der Waals surface area contributed by atoms with Crippen molar-refractivity contribution in [2.45, 2.75) is 44.4 Å². The van der Waals surface area contributed by atoms with Crippen LogP contribution in [0, 0.1) is 0 Å². The van der Waals surface area contributed by atoms with Crippen LogP contribution in [-0.2, 0) is 0 Å². The van der Waals surface area contributed by atoms with E-state index >= 15 is 0 Å². The van der Waals surface area contributed by atoms with Gasteiger partial charge in [-0.25, -0.2) is 5.01 Å². The van der Waals surface area contributed by atoms with Crippen molar-refractivity contribution in [2.75, 3.05) is 19.6 Å². The molecular weight excluding hydrogens is 441 g/mol. The van der Waals surface area contributed by atoms with Crippen molar-refractivity contribution in [3.63, 3.8) is 0 Å². The molecule has 30 heavy (non-hydrogen) atoms. The predicted molar refractivity (Wildman–Crippen MR) is 123 cm³/mol. The number of nitrogens with zero attached hydrogens (tertiary/aromatic N) is 3. The van der Waals surface area contributed by atoms with E-state index in [0.717, 1.165) is 72.9 Å². The van der Waals surface area contributed by atoms with Crippen LogP contribution in [-0.4, -0.2) is 41.0 Å². The molecule has 1 unspecified atom stereocenters. The Hall–Kier alpha value is -1.46. The summed E-state index contributed by atoms with van der Waals surface area (Å²) in [7, 11) is 0. The fraction of sp³-hybridized carbons (Fsp3) is 0.435. The first-order valence-electron chi connectivity index (χ1n) is 10.5. The van der Waals surface area contributed by atoms with Crippen LogP contribution in [0.4, 0.5) is 0 Å². The molecule has 0 amide bonds. The van der Waals surface area contributed by atoms with Crippen LogP contribution >= 0.6 is 34.8 Å². The summed E-state index contributed by atoms with van der Waals surface area (Å²) in [6.07, 6.45) is 3.72. The molecule has 0 radical (unpaired) electrons. The minimum Gasteiger partial charge on any atom is -0.464 e. The molecule has 1 atom stereocenters. The maximum Gasteiger partial charge on any atom is 0.200 e. The molecule has 3 aliphatic rings. The van der Waals surface area contributed by atoms with Crippen molar-refractivity contribution in [2.24, 2.45) is 5.10 Å². The van der Waals surface area contributed by atoms with Crippen LogP contribution in [0.15, 0.2) is 41.5 Å². The van der Waals surface area contributed by atoms with E-state index in [4.69, 9.17) is 44.6 Å². The van der Waals surface area contributed by atoms with Gasteiger partial charge in [-0.15, -0.1) is 0 Å². The van der Waals surface area contributed by atoms with Gasteiger partial charge in [-0.1, -0.05) is 53.9 Å². The van der Waals surface area contributed by atoms with Gasteiger partial charge in [-0.05, 0) is 42.8 Å². The van der Waals surface area contributed by atoms with E-state index in [1.807, 2.05) is 30.3 Å². The van der Waals surface area contributed by atoms with Crippen LogP contribution in [0.2, 0.25) is 15.1 Å². The molecule has 1 saturated heterocycles. The second-order valence-electron chi connectivity index (χ2n) is 8.31. The number of fused-ring (bicyclic) bond motifs is 4. The van der Waals surface area contributed by atoms with E-state index in [1.54, 1.807) is 6.07 Å². The SMILES string of the molecule is CCCN1CCC2(CC1)Oc1c(Cl)cc(Cl)cc1C1CC(c3ccc(Cl)cc3)=NN12. The van der Waals surface area contributed by atoms with Crippen molar-refractivity contribution in [1.82, 2.24) is 9.91 Å². The molecule has 4 nitrogen and oxygen atoms in total. The first-order chi connectivity index (χ1) is 14.5. The zero-order valence-corrected chi connectivity index (χ0v) is 19.1. The highest BCUT2D eigenvalue weighted by Crippen LogP contribution is 2.52. The topological polar surface area (TPSA) is 28.1 Å². The van der Waals surface area contributed by atoms with E-state index in [-0.39, 0.29) is 6.04 Å². The molecule has 1 fully saturated rings. The van der Waals surface area contributed by atoms with Crippen molar-refractivity contribution in [1.29, 1.82) is 0 Å². The lowest BCUT2D eigenvalue weighted by atomic mass is 9.90. The first-order valence-corrected chi connectivity index (χ1v) is 11.7. The Morgan fingerprint density at radius 1 is 1.07 bits per heavy atom. The predicted octanol–water partition coefficient (Wildman–Crippen LogP) is 6.39. The maximum absolute atomic E-state index is 6.67. The summed E-state index contributed by atoms with van der Waals surface area (Å²) in [5.41, 5.74) is 2.66. The molecule has 5 rings (SSSR count). The zero-order chi connectivity index (χ0) is 20.9. The van der Waals surface area contributed by atoms with Gasteiger partial charge in [-0.3, -0.25) is 0 Å². The number of hydrazone groups is 1. The van der Waals surface area contributed by atoms with Gasteiger partial charge in [0.05, 0.1) is 16.8 Å². The third-order valence-corrected chi connectivity index (χ3v) is 7.12. The van der Waals surface area contributed by atoms with Gasteiger partial charge in [0.15, 0.2) is 0 Å². The standard InChI is InChI=1S/C23H24Cl3N3O/c1-2-9-28-10-7-23(8-11-28)29-21(18-12-17(25)13-19(26)22(18)30-23)14-20(27-29)15-3-5-16(24)6-4-15/h3-6,12-13,21H,2,7-11,14H2,1H3. The Labute approximate surface area is 192 Å². The molecule has 158 valence electrons. The van der Waals surface area contributed by atoms with Gasteiger partial charge >= 0.3 is 0 Å². The van der Waals surface area contributed by atoms with Crippen LogP contribution < -0.4 is 4.74 Å². The Kier molecular flexibility index (Phi) is 5.39. The maximum atomic E-state index is 6.67. The first kappa shape index (κ1) is 20.4. The second kappa shape index (κ2) is 7.90. The monoisotopic (exact) mass is 463 g/mol. The molecule has 0 aliphatic carbocycles. The van der Waals surface area contributed by atoms with Gasteiger partial charge < -0.3 is 9.64 Å². The Morgan fingerprint density at radius 3 is 2.50 bits per heavy atom. The van der Waals surface area contributed by atoms with E-state index in [2.05, 4.69) is 16.8 Å². The second-order valence-corrected chi connectivity index (χ2v) is 9.59. The molecule has 0 saturated carbocycles. The van der Waals surface area contributed by atoms with E-state index in [0.29, 0.717) is 10.0 Å². The summed E-state index contributed by atoms with van der Waals surface area (Å²) in [6.45, 7) is 5.32.